The number of carbonyl (C=O) groups excluding carboxylic acids is 1. The van der Waals surface area contributed by atoms with Crippen molar-refractivity contribution < 1.29 is 19.4 Å². The van der Waals surface area contributed by atoms with Crippen molar-refractivity contribution >= 4 is 23.4 Å². The second kappa shape index (κ2) is 17.0. The molecule has 3 aromatic rings. The van der Waals surface area contributed by atoms with E-state index in [0.29, 0.717) is 29.0 Å². The van der Waals surface area contributed by atoms with Crippen molar-refractivity contribution in [2.75, 3.05) is 6.61 Å². The van der Waals surface area contributed by atoms with Crippen molar-refractivity contribution in [3.63, 3.8) is 0 Å². The summed E-state index contributed by atoms with van der Waals surface area (Å²) >= 11 is 6.95. The van der Waals surface area contributed by atoms with Crippen LogP contribution in [0.5, 0.6) is 5.75 Å². The molecule has 0 spiro atoms. The van der Waals surface area contributed by atoms with Crippen molar-refractivity contribution in [2.45, 2.75) is 91.4 Å². The Labute approximate surface area is 251 Å². The molecule has 0 saturated heterocycles. The van der Waals surface area contributed by atoms with Crippen LogP contribution >= 0.6 is 11.6 Å². The Balaban J connectivity index is 2.00. The van der Waals surface area contributed by atoms with Crippen LogP contribution in [0.1, 0.15) is 112 Å². The Morgan fingerprint density at radius 1 is 0.805 bits per heavy atom. The monoisotopic (exact) mass is 576 g/mol. The molecular formula is C36H45ClO4. The van der Waals surface area contributed by atoms with Crippen molar-refractivity contribution in [3.05, 3.63) is 76.8 Å². The average Bonchev–Trinajstić information content (AvgIpc) is 2.99. The zero-order valence-corrected chi connectivity index (χ0v) is 25.6. The third kappa shape index (κ3) is 9.19. The van der Waals surface area contributed by atoms with E-state index in [4.69, 9.17) is 16.3 Å². The molecule has 0 aliphatic rings. The SMILES string of the molecule is CCCCCCCCOc1ccc(C(=O)O)c(-c2cc(C(=O)C(C)CCCCCC)ccc2-c2ccccc2)c1Cl. The maximum atomic E-state index is 13.5. The Kier molecular flexibility index (Phi) is 13.4. The molecule has 5 heteroatoms. The molecule has 0 aliphatic heterocycles. The van der Waals surface area contributed by atoms with Gasteiger partial charge in [0.25, 0.3) is 0 Å². The number of ether oxygens (including phenoxy) is 1. The van der Waals surface area contributed by atoms with Crippen LogP contribution in [0.25, 0.3) is 22.3 Å². The zero-order chi connectivity index (χ0) is 29.6. The smallest absolute Gasteiger partial charge is 0.336 e. The predicted molar refractivity (Wildman–Crippen MR) is 170 cm³/mol. The maximum absolute atomic E-state index is 13.5. The van der Waals surface area contributed by atoms with Gasteiger partial charge in [-0.3, -0.25) is 4.79 Å². The lowest BCUT2D eigenvalue weighted by Gasteiger charge is -2.19. The van der Waals surface area contributed by atoms with Gasteiger partial charge >= 0.3 is 5.97 Å². The molecule has 0 saturated carbocycles. The summed E-state index contributed by atoms with van der Waals surface area (Å²) in [6.45, 7) is 6.87. The lowest BCUT2D eigenvalue weighted by atomic mass is 9.87. The van der Waals surface area contributed by atoms with Gasteiger partial charge in [-0.1, -0.05) is 133 Å². The summed E-state index contributed by atoms with van der Waals surface area (Å²) < 4.78 is 6.07. The van der Waals surface area contributed by atoms with Crippen LogP contribution in [0.2, 0.25) is 5.02 Å². The Bertz CT molecular complexity index is 1270. The van der Waals surface area contributed by atoms with Gasteiger partial charge < -0.3 is 9.84 Å². The van der Waals surface area contributed by atoms with Crippen molar-refractivity contribution in [2.24, 2.45) is 5.92 Å². The quantitative estimate of drug-likeness (QED) is 0.121. The molecule has 0 heterocycles. The highest BCUT2D eigenvalue weighted by Crippen LogP contribution is 2.43. The van der Waals surface area contributed by atoms with E-state index in [1.807, 2.05) is 55.5 Å². The second-order valence-electron chi connectivity index (χ2n) is 11.0. The third-order valence-electron chi connectivity index (χ3n) is 7.69. The Morgan fingerprint density at radius 2 is 1.46 bits per heavy atom. The highest BCUT2D eigenvalue weighted by Gasteiger charge is 2.24. The molecule has 0 bridgehead atoms. The van der Waals surface area contributed by atoms with Gasteiger partial charge in [-0.2, -0.15) is 0 Å². The number of ketones is 1. The van der Waals surface area contributed by atoms with Gasteiger partial charge in [0.1, 0.15) is 5.75 Å². The zero-order valence-electron chi connectivity index (χ0n) is 24.9. The van der Waals surface area contributed by atoms with E-state index >= 15 is 0 Å². The molecule has 0 fully saturated rings. The Hall–Kier alpha value is -3.11. The fraction of sp³-hybridized carbons (Fsp3) is 0.444. The number of carbonyl (C=O) groups is 2. The standard InChI is InChI=1S/C36H45ClO4/c1-4-6-8-10-11-16-24-41-32-23-22-30(36(39)40)33(34(32)37)31-25-28(35(38)26(3)17-13-9-7-5-2)20-21-29(31)27-18-14-12-15-19-27/h12,14-15,18-23,25-26H,4-11,13,16-17,24H2,1-3H3,(H,39,40). The highest BCUT2D eigenvalue weighted by molar-refractivity contribution is 6.36. The fourth-order valence-corrected chi connectivity index (χ4v) is 5.56. The van der Waals surface area contributed by atoms with E-state index < -0.39 is 5.97 Å². The second-order valence-corrected chi connectivity index (χ2v) is 11.3. The van der Waals surface area contributed by atoms with Gasteiger partial charge in [0, 0.05) is 17.0 Å². The molecule has 1 unspecified atom stereocenters. The maximum Gasteiger partial charge on any atom is 0.336 e. The van der Waals surface area contributed by atoms with E-state index in [1.54, 1.807) is 12.1 Å². The molecule has 220 valence electrons. The van der Waals surface area contributed by atoms with Crippen LogP contribution < -0.4 is 4.74 Å². The minimum atomic E-state index is -1.08. The molecule has 1 N–H and O–H groups in total. The van der Waals surface area contributed by atoms with E-state index in [1.165, 1.54) is 32.1 Å². The van der Waals surface area contributed by atoms with Gasteiger partial charge in [-0.05, 0) is 47.7 Å². The first kappa shape index (κ1) is 32.4. The summed E-state index contributed by atoms with van der Waals surface area (Å²) in [6.07, 6.45) is 12.1. The van der Waals surface area contributed by atoms with Crippen LogP contribution in [-0.2, 0) is 0 Å². The van der Waals surface area contributed by atoms with Crippen LogP contribution in [0.4, 0.5) is 0 Å². The molecule has 0 aliphatic carbocycles. The van der Waals surface area contributed by atoms with Gasteiger partial charge in [0.2, 0.25) is 0 Å². The minimum absolute atomic E-state index is 0.0610. The van der Waals surface area contributed by atoms with E-state index in [-0.39, 0.29) is 22.3 Å². The van der Waals surface area contributed by atoms with E-state index in [9.17, 15) is 14.7 Å². The summed E-state index contributed by atoms with van der Waals surface area (Å²) in [4.78, 5) is 25.9. The molecule has 0 amide bonds. The number of rotatable bonds is 18. The molecule has 41 heavy (non-hydrogen) atoms. The van der Waals surface area contributed by atoms with Crippen molar-refractivity contribution in [1.29, 1.82) is 0 Å². The molecule has 0 radical (unpaired) electrons. The fourth-order valence-electron chi connectivity index (χ4n) is 5.24. The van der Waals surface area contributed by atoms with Gasteiger partial charge in [0.15, 0.2) is 5.78 Å². The van der Waals surface area contributed by atoms with Crippen LogP contribution in [0.15, 0.2) is 60.7 Å². The average molecular weight is 577 g/mol. The minimum Gasteiger partial charge on any atom is -0.492 e. The van der Waals surface area contributed by atoms with Gasteiger partial charge in [0.05, 0.1) is 17.2 Å². The van der Waals surface area contributed by atoms with Crippen molar-refractivity contribution in [3.8, 4) is 28.0 Å². The normalized spacial score (nSPS) is 11.8. The number of benzene rings is 3. The number of carboxylic acid groups (broad SMARTS) is 1. The topological polar surface area (TPSA) is 63.6 Å². The third-order valence-corrected chi connectivity index (χ3v) is 8.06. The highest BCUT2D eigenvalue weighted by atomic mass is 35.5. The summed E-state index contributed by atoms with van der Waals surface area (Å²) in [5, 5.41) is 10.4. The molecule has 3 rings (SSSR count). The summed E-state index contributed by atoms with van der Waals surface area (Å²) in [7, 11) is 0. The molecule has 0 aromatic heterocycles. The summed E-state index contributed by atoms with van der Waals surface area (Å²) in [6, 6.07) is 18.5. The lowest BCUT2D eigenvalue weighted by Crippen LogP contribution is -2.12. The van der Waals surface area contributed by atoms with Gasteiger partial charge in [-0.25, -0.2) is 4.79 Å². The lowest BCUT2D eigenvalue weighted by molar-refractivity contribution is 0.0697. The molecular weight excluding hydrogens is 532 g/mol. The Morgan fingerprint density at radius 3 is 2.15 bits per heavy atom. The molecule has 3 aromatic carbocycles. The number of Topliss-reactive ketones (excluding diaryl/α,β-unsaturated/α-hetero) is 1. The number of halogens is 1. The molecule has 1 atom stereocenters. The number of unbranched alkanes of at least 4 members (excludes halogenated alkanes) is 8. The first-order valence-electron chi connectivity index (χ1n) is 15.3. The van der Waals surface area contributed by atoms with Crippen molar-refractivity contribution in [1.82, 2.24) is 0 Å². The summed E-state index contributed by atoms with van der Waals surface area (Å²) in [5.41, 5.74) is 3.37. The van der Waals surface area contributed by atoms with Crippen LogP contribution in [0, 0.1) is 5.92 Å². The van der Waals surface area contributed by atoms with E-state index in [2.05, 4.69) is 13.8 Å². The number of aromatic carboxylic acids is 1. The van der Waals surface area contributed by atoms with Crippen LogP contribution in [0.3, 0.4) is 0 Å². The first-order chi connectivity index (χ1) is 19.9. The molecule has 4 nitrogen and oxygen atoms in total. The first-order valence-corrected chi connectivity index (χ1v) is 15.7. The van der Waals surface area contributed by atoms with E-state index in [0.717, 1.165) is 49.7 Å². The number of hydrogen-bond donors (Lipinski definition) is 1. The predicted octanol–water partition coefficient (Wildman–Crippen LogP) is 10.9. The number of hydrogen-bond acceptors (Lipinski definition) is 3. The number of carboxylic acids is 1. The summed E-state index contributed by atoms with van der Waals surface area (Å²) in [5.74, 6) is -0.681. The van der Waals surface area contributed by atoms with Crippen LogP contribution in [-0.4, -0.2) is 23.5 Å². The van der Waals surface area contributed by atoms with Gasteiger partial charge in [-0.15, -0.1) is 0 Å². The largest absolute Gasteiger partial charge is 0.492 e.